The van der Waals surface area contributed by atoms with E-state index < -0.39 is 0 Å². The van der Waals surface area contributed by atoms with Gasteiger partial charge in [-0.2, -0.15) is 5.10 Å². The lowest BCUT2D eigenvalue weighted by atomic mass is 9.91. The fourth-order valence-corrected chi connectivity index (χ4v) is 2.45. The summed E-state index contributed by atoms with van der Waals surface area (Å²) in [7, 11) is 1.97. The summed E-state index contributed by atoms with van der Waals surface area (Å²) >= 11 is 0. The summed E-state index contributed by atoms with van der Waals surface area (Å²) in [5, 5.41) is 14.8. The lowest BCUT2D eigenvalue weighted by Crippen LogP contribution is -2.23. The lowest BCUT2D eigenvalue weighted by molar-refractivity contribution is 0.0969. The van der Waals surface area contributed by atoms with Gasteiger partial charge >= 0.3 is 0 Å². The van der Waals surface area contributed by atoms with Crippen molar-refractivity contribution in [2.24, 2.45) is 13.0 Å². The highest BCUT2D eigenvalue weighted by molar-refractivity contribution is 5.11. The van der Waals surface area contributed by atoms with E-state index in [4.69, 9.17) is 0 Å². The molecule has 0 fully saturated rings. The molecule has 1 aromatic rings. The van der Waals surface area contributed by atoms with Crippen LogP contribution in [-0.2, 0) is 19.9 Å². The minimum Gasteiger partial charge on any atom is -0.392 e. The maximum Gasteiger partial charge on any atom is 0.0624 e. The highest BCUT2D eigenvalue weighted by Gasteiger charge is 2.19. The van der Waals surface area contributed by atoms with E-state index in [2.05, 4.69) is 31.9 Å². The highest BCUT2D eigenvalue weighted by atomic mass is 16.3. The zero-order valence-electron chi connectivity index (χ0n) is 12.3. The molecule has 0 saturated carbocycles. The van der Waals surface area contributed by atoms with Gasteiger partial charge in [-0.3, -0.25) is 4.68 Å². The first-order chi connectivity index (χ1) is 8.62. The predicted octanol–water partition coefficient (Wildman–Crippen LogP) is 3.10. The van der Waals surface area contributed by atoms with Crippen LogP contribution in [-0.4, -0.2) is 21.0 Å². The van der Waals surface area contributed by atoms with Crippen molar-refractivity contribution in [1.29, 1.82) is 0 Å². The number of unbranched alkanes of at least 4 members (excludes halogenated alkanes) is 1. The van der Waals surface area contributed by atoms with Crippen molar-refractivity contribution in [2.45, 2.75) is 65.4 Å². The van der Waals surface area contributed by atoms with Crippen molar-refractivity contribution >= 4 is 0 Å². The van der Waals surface area contributed by atoms with Gasteiger partial charge < -0.3 is 5.11 Å². The molecular weight excluding hydrogens is 224 g/mol. The molecule has 3 nitrogen and oxygen atoms in total. The maximum absolute atomic E-state index is 10.4. The topological polar surface area (TPSA) is 38.1 Å². The lowest BCUT2D eigenvalue weighted by Gasteiger charge is -2.21. The summed E-state index contributed by atoms with van der Waals surface area (Å²) in [6.07, 6.45) is 6.05. The fraction of sp³-hybridized carbons (Fsp3) is 0.800. The van der Waals surface area contributed by atoms with Gasteiger partial charge in [-0.15, -0.1) is 0 Å². The van der Waals surface area contributed by atoms with Crippen LogP contribution in [0.15, 0.2) is 6.07 Å². The van der Waals surface area contributed by atoms with Crippen molar-refractivity contribution in [3.05, 3.63) is 17.5 Å². The summed E-state index contributed by atoms with van der Waals surface area (Å²) < 4.78 is 1.91. The zero-order valence-corrected chi connectivity index (χ0v) is 12.3. The van der Waals surface area contributed by atoms with E-state index >= 15 is 0 Å². The zero-order chi connectivity index (χ0) is 13.5. The number of aliphatic hydroxyl groups is 1. The Labute approximate surface area is 111 Å². The molecule has 0 saturated heterocycles. The number of aromatic nitrogens is 2. The van der Waals surface area contributed by atoms with E-state index in [0.717, 1.165) is 37.1 Å². The average Bonchev–Trinajstić information content (AvgIpc) is 2.71. The molecule has 1 N–H and O–H groups in total. The SMILES string of the molecule is CCCCC(CC)C(O)Cc1cc(CC)nn1C. The minimum absolute atomic E-state index is 0.235. The minimum atomic E-state index is -0.235. The van der Waals surface area contributed by atoms with Crippen molar-refractivity contribution in [2.75, 3.05) is 0 Å². The van der Waals surface area contributed by atoms with Crippen LogP contribution in [0.25, 0.3) is 0 Å². The van der Waals surface area contributed by atoms with Crippen molar-refractivity contribution < 1.29 is 5.11 Å². The quantitative estimate of drug-likeness (QED) is 0.772. The van der Waals surface area contributed by atoms with Gasteiger partial charge in [-0.25, -0.2) is 0 Å². The Hall–Kier alpha value is -0.830. The molecule has 2 unspecified atom stereocenters. The van der Waals surface area contributed by atoms with Crippen LogP contribution in [0.2, 0.25) is 0 Å². The van der Waals surface area contributed by atoms with Crippen LogP contribution < -0.4 is 0 Å². The molecule has 0 amide bonds. The standard InChI is InChI=1S/C15H28N2O/c1-5-8-9-12(6-2)15(18)11-14-10-13(7-3)16-17(14)4/h10,12,15,18H,5-9,11H2,1-4H3. The third-order valence-electron chi connectivity index (χ3n) is 3.80. The van der Waals surface area contributed by atoms with Crippen molar-refractivity contribution in [1.82, 2.24) is 9.78 Å². The Morgan fingerprint density at radius 2 is 2.06 bits per heavy atom. The molecule has 0 radical (unpaired) electrons. The Morgan fingerprint density at radius 3 is 2.56 bits per heavy atom. The Morgan fingerprint density at radius 1 is 1.33 bits per heavy atom. The Kier molecular flexibility index (Phi) is 6.41. The molecule has 0 aliphatic heterocycles. The number of aryl methyl sites for hydroxylation is 2. The molecule has 104 valence electrons. The maximum atomic E-state index is 10.4. The molecule has 1 rings (SSSR count). The van der Waals surface area contributed by atoms with Crippen LogP contribution in [0.3, 0.4) is 0 Å². The van der Waals surface area contributed by atoms with Crippen LogP contribution >= 0.6 is 0 Å². The predicted molar refractivity (Wildman–Crippen MR) is 75.6 cm³/mol. The number of nitrogens with zero attached hydrogens (tertiary/aromatic N) is 2. The third-order valence-corrected chi connectivity index (χ3v) is 3.80. The first kappa shape index (κ1) is 15.2. The molecule has 0 bridgehead atoms. The summed E-state index contributed by atoms with van der Waals surface area (Å²) in [4.78, 5) is 0. The van der Waals surface area contributed by atoms with Crippen LogP contribution in [0, 0.1) is 5.92 Å². The van der Waals surface area contributed by atoms with Crippen molar-refractivity contribution in [3.63, 3.8) is 0 Å². The second-order valence-electron chi connectivity index (χ2n) is 5.19. The average molecular weight is 252 g/mol. The normalized spacial score (nSPS) is 14.7. The van der Waals surface area contributed by atoms with E-state index in [-0.39, 0.29) is 6.10 Å². The van der Waals surface area contributed by atoms with Crippen molar-refractivity contribution in [3.8, 4) is 0 Å². The second kappa shape index (κ2) is 7.57. The first-order valence-electron chi connectivity index (χ1n) is 7.32. The number of hydrogen-bond donors (Lipinski definition) is 1. The monoisotopic (exact) mass is 252 g/mol. The highest BCUT2D eigenvalue weighted by Crippen LogP contribution is 2.20. The van der Waals surface area contributed by atoms with E-state index in [0.29, 0.717) is 5.92 Å². The molecule has 0 aromatic carbocycles. The van der Waals surface area contributed by atoms with Gasteiger partial charge in [0, 0.05) is 19.2 Å². The summed E-state index contributed by atoms with van der Waals surface area (Å²) in [5.41, 5.74) is 2.26. The molecule has 2 atom stereocenters. The van der Waals surface area contributed by atoms with E-state index in [1.54, 1.807) is 0 Å². The van der Waals surface area contributed by atoms with Gasteiger partial charge in [0.15, 0.2) is 0 Å². The molecule has 0 spiro atoms. The summed E-state index contributed by atoms with van der Waals surface area (Å²) in [5.74, 6) is 0.421. The number of aliphatic hydroxyl groups excluding tert-OH is 1. The van der Waals surface area contributed by atoms with E-state index in [1.807, 2.05) is 11.7 Å². The van der Waals surface area contributed by atoms with Crippen LogP contribution in [0.4, 0.5) is 0 Å². The molecule has 18 heavy (non-hydrogen) atoms. The largest absolute Gasteiger partial charge is 0.392 e. The van der Waals surface area contributed by atoms with Crippen LogP contribution in [0.1, 0.15) is 57.8 Å². The van der Waals surface area contributed by atoms with Gasteiger partial charge in [0.2, 0.25) is 0 Å². The molecule has 3 heteroatoms. The van der Waals surface area contributed by atoms with Crippen LogP contribution in [0.5, 0.6) is 0 Å². The van der Waals surface area contributed by atoms with Gasteiger partial charge in [0.25, 0.3) is 0 Å². The smallest absolute Gasteiger partial charge is 0.0624 e. The summed E-state index contributed by atoms with van der Waals surface area (Å²) in [6.45, 7) is 6.48. The van der Waals surface area contributed by atoms with Gasteiger partial charge in [0.05, 0.1) is 11.8 Å². The number of hydrogen-bond acceptors (Lipinski definition) is 2. The molecule has 1 heterocycles. The first-order valence-corrected chi connectivity index (χ1v) is 7.32. The molecule has 0 aliphatic rings. The number of rotatable bonds is 8. The molecular formula is C15H28N2O. The molecule has 1 aromatic heterocycles. The van der Waals surface area contributed by atoms with Gasteiger partial charge in [0.1, 0.15) is 0 Å². The van der Waals surface area contributed by atoms with Gasteiger partial charge in [-0.05, 0) is 24.8 Å². The summed E-state index contributed by atoms with van der Waals surface area (Å²) in [6, 6.07) is 2.12. The van der Waals surface area contributed by atoms with Gasteiger partial charge in [-0.1, -0.05) is 40.0 Å². The van der Waals surface area contributed by atoms with E-state index in [1.165, 1.54) is 12.8 Å². The third kappa shape index (κ3) is 4.13. The van der Waals surface area contributed by atoms with E-state index in [9.17, 15) is 5.11 Å². The molecule has 0 aliphatic carbocycles. The fourth-order valence-electron chi connectivity index (χ4n) is 2.45. The second-order valence-corrected chi connectivity index (χ2v) is 5.19. The Balaban J connectivity index is 2.60. The Bertz CT molecular complexity index is 346.